The molecular weight excluding hydrogens is 424 g/mol. The number of nitrogens with one attached hydrogen (secondary N) is 1. The average Bonchev–Trinajstić information content (AvgIpc) is 3.00. The third-order valence-corrected chi connectivity index (χ3v) is 5.40. The second kappa shape index (κ2) is 7.06. The fourth-order valence-electron chi connectivity index (χ4n) is 1.50. The number of nitrogens with zero attached hydrogens (tertiary/aromatic N) is 1. The molecule has 0 aliphatic heterocycles. The minimum Gasteiger partial charge on any atom is -0.504 e. The molecule has 1 aromatic carbocycles. The molecule has 2 rings (SSSR count). The maximum Gasteiger partial charge on any atom is 0.281 e. The number of halogens is 2. The maximum atomic E-state index is 11.7. The van der Waals surface area contributed by atoms with Crippen LogP contribution < -0.4 is 10.2 Å². The molecule has 0 aliphatic carbocycles. The van der Waals surface area contributed by atoms with Gasteiger partial charge < -0.3 is 9.84 Å². The Balaban J connectivity index is 2.21. The third-order valence-electron chi connectivity index (χ3n) is 2.52. The van der Waals surface area contributed by atoms with Crippen molar-refractivity contribution >= 4 is 55.3 Å². The van der Waals surface area contributed by atoms with E-state index < -0.39 is 0 Å². The second-order valence-electron chi connectivity index (χ2n) is 3.81. The van der Waals surface area contributed by atoms with Crippen LogP contribution in [-0.4, -0.2) is 24.3 Å². The van der Waals surface area contributed by atoms with Gasteiger partial charge in [0.15, 0.2) is 11.5 Å². The van der Waals surface area contributed by atoms with Crippen LogP contribution in [0.3, 0.4) is 0 Å². The number of rotatable bonds is 4. The van der Waals surface area contributed by atoms with Crippen molar-refractivity contribution in [2.75, 3.05) is 7.11 Å². The number of hydrogen-bond donors (Lipinski definition) is 2. The molecule has 0 unspecified atom stereocenters. The van der Waals surface area contributed by atoms with Crippen molar-refractivity contribution in [3.63, 3.8) is 0 Å². The molecule has 0 aliphatic rings. The van der Waals surface area contributed by atoms with E-state index in [1.807, 2.05) is 0 Å². The van der Waals surface area contributed by atoms with Gasteiger partial charge >= 0.3 is 0 Å². The lowest BCUT2D eigenvalue weighted by molar-refractivity contribution is 0.0959. The normalized spacial score (nSPS) is 10.8. The van der Waals surface area contributed by atoms with E-state index in [1.165, 1.54) is 24.7 Å². The molecule has 0 saturated heterocycles. The van der Waals surface area contributed by atoms with E-state index in [1.54, 1.807) is 23.6 Å². The molecule has 2 aromatic rings. The number of carbonyl (C=O) groups excluding carboxylic acids is 1. The van der Waals surface area contributed by atoms with Crippen LogP contribution in [0.25, 0.3) is 0 Å². The van der Waals surface area contributed by atoms with Gasteiger partial charge in [0.25, 0.3) is 5.91 Å². The van der Waals surface area contributed by atoms with Crippen LogP contribution in [0.4, 0.5) is 0 Å². The fourth-order valence-corrected chi connectivity index (χ4v) is 2.94. The van der Waals surface area contributed by atoms with Gasteiger partial charge in [-0.25, -0.2) is 5.43 Å². The first kappa shape index (κ1) is 16.0. The van der Waals surface area contributed by atoms with Gasteiger partial charge in [0, 0.05) is 8.95 Å². The fraction of sp³-hybridized carbons (Fsp3) is 0.0769. The summed E-state index contributed by atoms with van der Waals surface area (Å²) in [5, 5.41) is 15.7. The van der Waals surface area contributed by atoms with E-state index in [4.69, 9.17) is 4.74 Å². The van der Waals surface area contributed by atoms with Crippen LogP contribution in [0.5, 0.6) is 11.5 Å². The molecule has 110 valence electrons. The standard InChI is InChI=1S/C13H10Br2N2O3S/c1-20-9-5-8(14)11(15)7(12(9)18)6-16-17-13(19)10-3-2-4-21-10/h2-6,18H,1H3,(H,17,19)/b16-6-. The highest BCUT2D eigenvalue weighted by atomic mass is 79.9. The lowest BCUT2D eigenvalue weighted by atomic mass is 10.2. The van der Waals surface area contributed by atoms with Gasteiger partial charge in [-0.2, -0.15) is 5.10 Å². The quantitative estimate of drug-likeness (QED) is 0.569. The molecule has 0 radical (unpaired) electrons. The molecule has 0 atom stereocenters. The number of thiophene rings is 1. The molecule has 8 heteroatoms. The predicted octanol–water partition coefficient (Wildman–Crippen LogP) is 3.75. The van der Waals surface area contributed by atoms with Crippen molar-refractivity contribution < 1.29 is 14.6 Å². The Morgan fingerprint density at radius 1 is 1.52 bits per heavy atom. The molecule has 0 fully saturated rings. The zero-order valence-corrected chi connectivity index (χ0v) is 14.8. The zero-order valence-electron chi connectivity index (χ0n) is 10.8. The summed E-state index contributed by atoms with van der Waals surface area (Å²) in [5.74, 6) is -0.0726. The number of hydrogen-bond acceptors (Lipinski definition) is 5. The molecule has 0 spiro atoms. The summed E-state index contributed by atoms with van der Waals surface area (Å²) in [5.41, 5.74) is 2.79. The summed E-state index contributed by atoms with van der Waals surface area (Å²) in [4.78, 5) is 12.3. The molecule has 1 amide bonds. The second-order valence-corrected chi connectivity index (χ2v) is 6.41. The van der Waals surface area contributed by atoms with E-state index in [0.717, 1.165) is 0 Å². The third kappa shape index (κ3) is 3.63. The number of ether oxygens (including phenoxy) is 1. The Morgan fingerprint density at radius 2 is 2.29 bits per heavy atom. The summed E-state index contributed by atoms with van der Waals surface area (Å²) in [6.07, 6.45) is 1.35. The van der Waals surface area contributed by atoms with Gasteiger partial charge in [-0.3, -0.25) is 4.79 Å². The van der Waals surface area contributed by atoms with Gasteiger partial charge in [0.1, 0.15) is 0 Å². The lowest BCUT2D eigenvalue weighted by Crippen LogP contribution is -2.16. The van der Waals surface area contributed by atoms with E-state index in [2.05, 4.69) is 42.4 Å². The van der Waals surface area contributed by atoms with Crippen molar-refractivity contribution in [3.05, 3.63) is 43.0 Å². The van der Waals surface area contributed by atoms with Crippen molar-refractivity contribution in [3.8, 4) is 11.5 Å². The van der Waals surface area contributed by atoms with Gasteiger partial charge in [0.2, 0.25) is 0 Å². The Hall–Kier alpha value is -1.38. The number of methoxy groups -OCH3 is 1. The summed E-state index contributed by atoms with van der Waals surface area (Å²) >= 11 is 7.99. The monoisotopic (exact) mass is 432 g/mol. The zero-order chi connectivity index (χ0) is 15.4. The molecule has 2 N–H and O–H groups in total. The van der Waals surface area contributed by atoms with Crippen molar-refractivity contribution in [1.82, 2.24) is 5.43 Å². The van der Waals surface area contributed by atoms with Gasteiger partial charge in [-0.05, 0) is 49.4 Å². The largest absolute Gasteiger partial charge is 0.504 e. The number of hydrazone groups is 1. The van der Waals surface area contributed by atoms with E-state index in [-0.39, 0.29) is 11.7 Å². The number of amides is 1. The van der Waals surface area contributed by atoms with Crippen LogP contribution in [-0.2, 0) is 0 Å². The molecule has 5 nitrogen and oxygen atoms in total. The first-order chi connectivity index (χ1) is 10.0. The van der Waals surface area contributed by atoms with Crippen LogP contribution in [0.15, 0.2) is 37.6 Å². The predicted molar refractivity (Wildman–Crippen MR) is 89.4 cm³/mol. The van der Waals surface area contributed by atoms with E-state index in [0.29, 0.717) is 25.1 Å². The minimum absolute atomic E-state index is 0.0679. The van der Waals surface area contributed by atoms with Crippen LogP contribution in [0.1, 0.15) is 15.2 Å². The summed E-state index contributed by atoms with van der Waals surface area (Å²) in [6, 6.07) is 5.11. The topological polar surface area (TPSA) is 70.9 Å². The highest BCUT2D eigenvalue weighted by molar-refractivity contribution is 9.13. The molecule has 0 bridgehead atoms. The summed E-state index contributed by atoms with van der Waals surface area (Å²) in [6.45, 7) is 0. The molecule has 0 saturated carbocycles. The Bertz CT molecular complexity index is 687. The van der Waals surface area contributed by atoms with Crippen molar-refractivity contribution in [1.29, 1.82) is 0 Å². The molecular formula is C13H10Br2N2O3S. The number of benzene rings is 1. The lowest BCUT2D eigenvalue weighted by Gasteiger charge is -2.09. The highest BCUT2D eigenvalue weighted by Gasteiger charge is 2.14. The smallest absolute Gasteiger partial charge is 0.281 e. The Kier molecular flexibility index (Phi) is 5.38. The first-order valence-electron chi connectivity index (χ1n) is 5.66. The molecule has 1 heterocycles. The summed E-state index contributed by atoms with van der Waals surface area (Å²) < 4.78 is 6.36. The van der Waals surface area contributed by atoms with Crippen LogP contribution >= 0.6 is 43.2 Å². The SMILES string of the molecule is COc1cc(Br)c(Br)c(/C=N\NC(=O)c2cccs2)c1O. The van der Waals surface area contributed by atoms with Crippen molar-refractivity contribution in [2.45, 2.75) is 0 Å². The van der Waals surface area contributed by atoms with Crippen LogP contribution in [0, 0.1) is 0 Å². The molecule has 1 aromatic heterocycles. The van der Waals surface area contributed by atoms with Gasteiger partial charge in [0.05, 0.1) is 23.8 Å². The highest BCUT2D eigenvalue weighted by Crippen LogP contribution is 2.39. The summed E-state index contributed by atoms with van der Waals surface area (Å²) in [7, 11) is 1.45. The average molecular weight is 434 g/mol. The number of carbonyl (C=O) groups is 1. The van der Waals surface area contributed by atoms with Gasteiger partial charge in [-0.15, -0.1) is 11.3 Å². The molecule has 21 heavy (non-hydrogen) atoms. The first-order valence-corrected chi connectivity index (χ1v) is 8.13. The minimum atomic E-state index is -0.307. The Labute approximate surface area is 141 Å². The Morgan fingerprint density at radius 3 is 2.90 bits per heavy atom. The van der Waals surface area contributed by atoms with Crippen LogP contribution in [0.2, 0.25) is 0 Å². The number of phenols is 1. The van der Waals surface area contributed by atoms with Gasteiger partial charge in [-0.1, -0.05) is 6.07 Å². The van der Waals surface area contributed by atoms with E-state index in [9.17, 15) is 9.90 Å². The number of phenolic OH excluding ortho intramolecular Hbond substituents is 1. The number of aromatic hydroxyl groups is 1. The van der Waals surface area contributed by atoms with Crippen molar-refractivity contribution in [2.24, 2.45) is 5.10 Å². The van der Waals surface area contributed by atoms with E-state index >= 15 is 0 Å². The maximum absolute atomic E-state index is 11.7.